The maximum Gasteiger partial charge on any atom is 0.338 e. The lowest BCUT2D eigenvalue weighted by Crippen LogP contribution is -2.45. The number of esters is 1. The molecule has 0 aromatic heterocycles. The van der Waals surface area contributed by atoms with Crippen molar-refractivity contribution in [2.75, 3.05) is 20.3 Å². The van der Waals surface area contributed by atoms with Gasteiger partial charge in [0.15, 0.2) is 5.11 Å². The summed E-state index contributed by atoms with van der Waals surface area (Å²) >= 11 is 5.15. The van der Waals surface area contributed by atoms with Crippen molar-refractivity contribution in [3.05, 3.63) is 41.1 Å². The molecule has 0 unspecified atom stereocenters. The molecule has 3 N–H and O–H groups in total. The quantitative estimate of drug-likeness (QED) is 0.429. The van der Waals surface area contributed by atoms with E-state index in [0.717, 1.165) is 5.56 Å². The molecule has 0 radical (unpaired) electrons. The number of thiocarbonyl (C=S) groups is 1. The number of allylic oxidation sites excluding steroid dienone is 1. The predicted molar refractivity (Wildman–Crippen MR) is 85.3 cm³/mol. The van der Waals surface area contributed by atoms with E-state index < -0.39 is 12.0 Å². The number of nitrogens with one attached hydrogen (secondary N) is 2. The average Bonchev–Trinajstić information content (AvgIpc) is 2.47. The lowest BCUT2D eigenvalue weighted by Gasteiger charge is -2.29. The number of aromatic hydroxyl groups is 1. The lowest BCUT2D eigenvalue weighted by atomic mass is 9.95. The van der Waals surface area contributed by atoms with Gasteiger partial charge < -0.3 is 25.2 Å². The van der Waals surface area contributed by atoms with Crippen LogP contribution in [0.25, 0.3) is 0 Å². The maximum absolute atomic E-state index is 12.3. The van der Waals surface area contributed by atoms with Crippen molar-refractivity contribution in [2.45, 2.75) is 13.0 Å². The summed E-state index contributed by atoms with van der Waals surface area (Å²) in [6.45, 7) is 2.29. The number of hydrogen-bond acceptors (Lipinski definition) is 5. The molecule has 1 aromatic rings. The minimum atomic E-state index is -0.435. The Balaban J connectivity index is 2.28. The van der Waals surface area contributed by atoms with Crippen molar-refractivity contribution >= 4 is 23.3 Å². The topological polar surface area (TPSA) is 79.8 Å². The van der Waals surface area contributed by atoms with Gasteiger partial charge in [0.1, 0.15) is 12.4 Å². The van der Waals surface area contributed by atoms with E-state index in [9.17, 15) is 9.90 Å². The van der Waals surface area contributed by atoms with Crippen molar-refractivity contribution in [1.82, 2.24) is 10.6 Å². The minimum Gasteiger partial charge on any atom is -0.508 e. The number of benzene rings is 1. The number of rotatable bonds is 5. The van der Waals surface area contributed by atoms with E-state index in [-0.39, 0.29) is 12.4 Å². The Labute approximate surface area is 134 Å². The second-order valence-electron chi connectivity index (χ2n) is 4.79. The van der Waals surface area contributed by atoms with Crippen molar-refractivity contribution in [1.29, 1.82) is 0 Å². The van der Waals surface area contributed by atoms with Crippen LogP contribution in [0.2, 0.25) is 0 Å². The van der Waals surface area contributed by atoms with E-state index in [1.54, 1.807) is 38.3 Å². The van der Waals surface area contributed by atoms with Crippen LogP contribution in [0.3, 0.4) is 0 Å². The van der Waals surface area contributed by atoms with Gasteiger partial charge in [-0.3, -0.25) is 0 Å². The Morgan fingerprint density at radius 3 is 2.64 bits per heavy atom. The van der Waals surface area contributed by atoms with Gasteiger partial charge in [-0.2, -0.15) is 0 Å². The monoisotopic (exact) mass is 322 g/mol. The molecular formula is C15H18N2O4S. The number of methoxy groups -OCH3 is 1. The van der Waals surface area contributed by atoms with Gasteiger partial charge >= 0.3 is 5.97 Å². The SMILES string of the molecule is COCCOC(=O)C1=C(C)NC(=S)N[C@H]1c1ccc(O)cc1. The molecule has 0 aliphatic carbocycles. The van der Waals surface area contributed by atoms with Gasteiger partial charge in [0, 0.05) is 12.8 Å². The smallest absolute Gasteiger partial charge is 0.338 e. The standard InChI is InChI=1S/C15H18N2O4S/c1-9-12(14(19)21-8-7-20-2)13(17-15(22)16-9)10-3-5-11(18)6-4-10/h3-6,13,18H,7-8H2,1-2H3,(H2,16,17,22)/t13-/m0/s1. The molecule has 0 amide bonds. The first-order valence-corrected chi connectivity index (χ1v) is 7.17. The molecule has 0 bridgehead atoms. The number of carbonyl (C=O) groups excluding carboxylic acids is 1. The number of ether oxygens (including phenoxy) is 2. The molecule has 7 heteroatoms. The van der Waals surface area contributed by atoms with Crippen LogP contribution in [0.1, 0.15) is 18.5 Å². The molecule has 1 aromatic carbocycles. The molecule has 22 heavy (non-hydrogen) atoms. The third-order valence-electron chi connectivity index (χ3n) is 3.24. The zero-order valence-electron chi connectivity index (χ0n) is 12.4. The number of carbonyl (C=O) groups is 1. The molecule has 0 saturated carbocycles. The normalized spacial score (nSPS) is 17.7. The molecule has 1 atom stereocenters. The second-order valence-corrected chi connectivity index (χ2v) is 5.20. The Morgan fingerprint density at radius 2 is 2.00 bits per heavy atom. The lowest BCUT2D eigenvalue weighted by molar-refractivity contribution is -0.140. The molecule has 0 spiro atoms. The third-order valence-corrected chi connectivity index (χ3v) is 3.46. The van der Waals surface area contributed by atoms with E-state index in [4.69, 9.17) is 21.7 Å². The fourth-order valence-corrected chi connectivity index (χ4v) is 2.45. The minimum absolute atomic E-state index is 0.158. The van der Waals surface area contributed by atoms with Crippen molar-refractivity contribution in [2.24, 2.45) is 0 Å². The number of phenolic OH excluding ortho intramolecular Hbond substituents is 1. The average molecular weight is 322 g/mol. The summed E-state index contributed by atoms with van der Waals surface area (Å²) in [6, 6.07) is 6.16. The van der Waals surface area contributed by atoms with E-state index >= 15 is 0 Å². The highest BCUT2D eigenvalue weighted by molar-refractivity contribution is 7.80. The van der Waals surface area contributed by atoms with Gasteiger partial charge in [-0.05, 0) is 36.8 Å². The van der Waals surface area contributed by atoms with Gasteiger partial charge in [-0.25, -0.2) is 4.79 Å². The first-order valence-electron chi connectivity index (χ1n) is 6.76. The van der Waals surface area contributed by atoms with Crippen LogP contribution in [0.5, 0.6) is 5.75 Å². The van der Waals surface area contributed by atoms with E-state index in [1.165, 1.54) is 0 Å². The van der Waals surface area contributed by atoms with Crippen LogP contribution < -0.4 is 10.6 Å². The number of phenols is 1. The largest absolute Gasteiger partial charge is 0.508 e. The van der Waals surface area contributed by atoms with Crippen LogP contribution in [-0.4, -0.2) is 36.5 Å². The van der Waals surface area contributed by atoms with Gasteiger partial charge in [0.25, 0.3) is 0 Å². The van der Waals surface area contributed by atoms with E-state index in [1.807, 2.05) is 0 Å². The third kappa shape index (κ3) is 3.75. The highest BCUT2D eigenvalue weighted by Gasteiger charge is 2.30. The van der Waals surface area contributed by atoms with Gasteiger partial charge in [0.05, 0.1) is 18.2 Å². The molecule has 1 aliphatic rings. The van der Waals surface area contributed by atoms with Crippen LogP contribution in [0.15, 0.2) is 35.5 Å². The van der Waals surface area contributed by atoms with Crippen molar-refractivity contribution < 1.29 is 19.4 Å². The summed E-state index contributed by atoms with van der Waals surface area (Å²) in [5.41, 5.74) is 1.90. The molecule has 6 nitrogen and oxygen atoms in total. The zero-order valence-corrected chi connectivity index (χ0v) is 13.2. The second kappa shape index (κ2) is 7.24. The van der Waals surface area contributed by atoms with Crippen LogP contribution >= 0.6 is 12.2 Å². The van der Waals surface area contributed by atoms with Gasteiger partial charge in [-0.1, -0.05) is 12.1 Å². The van der Waals surface area contributed by atoms with Crippen LogP contribution in [-0.2, 0) is 14.3 Å². The summed E-state index contributed by atoms with van der Waals surface area (Å²) < 4.78 is 10.1. The van der Waals surface area contributed by atoms with Crippen molar-refractivity contribution in [3.8, 4) is 5.75 Å². The highest BCUT2D eigenvalue weighted by Crippen LogP contribution is 2.28. The van der Waals surface area contributed by atoms with Crippen molar-refractivity contribution in [3.63, 3.8) is 0 Å². The molecule has 118 valence electrons. The molecule has 1 heterocycles. The van der Waals surface area contributed by atoms with E-state index in [0.29, 0.717) is 23.0 Å². The highest BCUT2D eigenvalue weighted by atomic mass is 32.1. The summed E-state index contributed by atoms with van der Waals surface area (Å²) in [7, 11) is 1.54. The molecule has 1 aliphatic heterocycles. The number of hydrogen-bond donors (Lipinski definition) is 3. The first-order chi connectivity index (χ1) is 10.5. The summed E-state index contributed by atoms with van der Waals surface area (Å²) in [4.78, 5) is 12.3. The maximum atomic E-state index is 12.3. The molecule has 2 rings (SSSR count). The van der Waals surface area contributed by atoms with Crippen LogP contribution in [0, 0.1) is 0 Å². The van der Waals surface area contributed by atoms with E-state index in [2.05, 4.69) is 10.6 Å². The summed E-state index contributed by atoms with van der Waals surface area (Å²) in [6.07, 6.45) is 0. The first kappa shape index (κ1) is 16.3. The predicted octanol–water partition coefficient (Wildman–Crippen LogP) is 1.37. The zero-order chi connectivity index (χ0) is 16.1. The Kier molecular flexibility index (Phi) is 5.35. The summed E-state index contributed by atoms with van der Waals surface area (Å²) in [5.74, 6) is -0.277. The Hall–Kier alpha value is -2.12. The fourth-order valence-electron chi connectivity index (χ4n) is 2.18. The van der Waals surface area contributed by atoms with Gasteiger partial charge in [-0.15, -0.1) is 0 Å². The van der Waals surface area contributed by atoms with Crippen LogP contribution in [0.4, 0.5) is 0 Å². The fraction of sp³-hybridized carbons (Fsp3) is 0.333. The summed E-state index contributed by atoms with van der Waals surface area (Å²) in [5, 5.41) is 15.8. The van der Waals surface area contributed by atoms with Gasteiger partial charge in [0.2, 0.25) is 0 Å². The Bertz CT molecular complexity index is 598. The molecular weight excluding hydrogens is 304 g/mol. The molecule has 0 saturated heterocycles. The Morgan fingerprint density at radius 1 is 1.32 bits per heavy atom. The molecule has 0 fully saturated rings.